The molecule has 0 bridgehead atoms. The number of ketones is 1. The van der Waals surface area contributed by atoms with E-state index in [2.05, 4.69) is 15.9 Å². The Morgan fingerprint density at radius 3 is 2.90 bits per heavy atom. The lowest BCUT2D eigenvalue weighted by atomic mass is 10.0. The van der Waals surface area contributed by atoms with E-state index in [1.165, 1.54) is 0 Å². The Hall–Kier alpha value is 0.150. The van der Waals surface area contributed by atoms with Gasteiger partial charge in [0.2, 0.25) is 0 Å². The number of halogens is 1. The molecule has 0 amide bonds. The van der Waals surface area contributed by atoms with E-state index in [9.17, 15) is 4.79 Å². The van der Waals surface area contributed by atoms with Crippen molar-refractivity contribution < 1.29 is 4.79 Å². The van der Waals surface area contributed by atoms with Crippen molar-refractivity contribution in [3.63, 3.8) is 0 Å². The number of carbonyl (C=O) groups is 1. The van der Waals surface area contributed by atoms with Crippen LogP contribution in [0.4, 0.5) is 0 Å². The minimum Gasteiger partial charge on any atom is -0.299 e. The van der Waals surface area contributed by atoms with E-state index >= 15 is 0 Å². The Bertz CT molecular complexity index is 122. The summed E-state index contributed by atoms with van der Waals surface area (Å²) in [6.45, 7) is 0. The van der Waals surface area contributed by atoms with Crippen LogP contribution in [0.15, 0.2) is 0 Å². The van der Waals surface area contributed by atoms with Crippen molar-refractivity contribution in [1.29, 1.82) is 0 Å². The largest absolute Gasteiger partial charge is 0.299 e. The Morgan fingerprint density at radius 2 is 2.40 bits per heavy atom. The van der Waals surface area contributed by atoms with Gasteiger partial charge in [-0.1, -0.05) is 15.9 Å². The molecular weight excluding hydrogens is 192 g/mol. The second-order valence-electron chi connectivity index (χ2n) is 2.89. The average Bonchev–Trinajstić information content (AvgIpc) is 2.31. The number of Topliss-reactive ketones (excluding diaryl/α,β-unsaturated/α-hetero) is 1. The summed E-state index contributed by atoms with van der Waals surface area (Å²) in [7, 11) is 0. The molecule has 0 heterocycles. The van der Waals surface area contributed by atoms with Gasteiger partial charge >= 0.3 is 0 Å². The zero-order valence-electron chi connectivity index (χ0n) is 6.11. The first-order valence-corrected chi connectivity index (χ1v) is 5.05. The molecule has 1 aliphatic rings. The second-order valence-corrected chi connectivity index (χ2v) is 3.68. The summed E-state index contributed by atoms with van der Waals surface area (Å²) < 4.78 is 0. The standard InChI is InChI=1S/C8H13BrO/c9-6-2-4-7-3-1-5-8(7)10/h7H,1-6H2. The zero-order valence-corrected chi connectivity index (χ0v) is 7.69. The van der Waals surface area contributed by atoms with Crippen LogP contribution in [0.25, 0.3) is 0 Å². The van der Waals surface area contributed by atoms with Crippen LogP contribution >= 0.6 is 15.9 Å². The lowest BCUT2D eigenvalue weighted by Crippen LogP contribution is -2.05. The summed E-state index contributed by atoms with van der Waals surface area (Å²) in [4.78, 5) is 11.1. The number of hydrogen-bond donors (Lipinski definition) is 0. The van der Waals surface area contributed by atoms with Crippen molar-refractivity contribution in [1.82, 2.24) is 0 Å². The smallest absolute Gasteiger partial charge is 0.135 e. The maximum atomic E-state index is 11.1. The summed E-state index contributed by atoms with van der Waals surface area (Å²) in [6.07, 6.45) is 5.37. The fourth-order valence-corrected chi connectivity index (χ4v) is 1.84. The van der Waals surface area contributed by atoms with Crippen molar-refractivity contribution >= 4 is 21.7 Å². The maximum Gasteiger partial charge on any atom is 0.135 e. The molecule has 1 nitrogen and oxygen atoms in total. The summed E-state index contributed by atoms with van der Waals surface area (Å²) >= 11 is 3.37. The van der Waals surface area contributed by atoms with E-state index in [-0.39, 0.29) is 0 Å². The highest BCUT2D eigenvalue weighted by Gasteiger charge is 2.22. The first kappa shape index (κ1) is 8.25. The van der Waals surface area contributed by atoms with Crippen LogP contribution < -0.4 is 0 Å². The summed E-state index contributed by atoms with van der Waals surface area (Å²) in [6, 6.07) is 0. The van der Waals surface area contributed by atoms with Crippen LogP contribution in [0.3, 0.4) is 0 Å². The van der Waals surface area contributed by atoms with E-state index in [1.54, 1.807) is 0 Å². The Morgan fingerprint density at radius 1 is 1.60 bits per heavy atom. The Labute approximate surface area is 70.3 Å². The third kappa shape index (κ3) is 2.08. The first-order valence-electron chi connectivity index (χ1n) is 3.93. The SMILES string of the molecule is O=C1CCCC1CCCBr. The molecule has 1 aliphatic carbocycles. The van der Waals surface area contributed by atoms with Crippen LogP contribution in [0.2, 0.25) is 0 Å². The number of hydrogen-bond acceptors (Lipinski definition) is 1. The molecule has 1 fully saturated rings. The van der Waals surface area contributed by atoms with Crippen molar-refractivity contribution in [2.45, 2.75) is 32.1 Å². The molecule has 1 atom stereocenters. The van der Waals surface area contributed by atoms with Gasteiger partial charge in [0.1, 0.15) is 5.78 Å². The topological polar surface area (TPSA) is 17.1 Å². The van der Waals surface area contributed by atoms with Gasteiger partial charge in [0.25, 0.3) is 0 Å². The van der Waals surface area contributed by atoms with Crippen LogP contribution in [-0.4, -0.2) is 11.1 Å². The van der Waals surface area contributed by atoms with Crippen molar-refractivity contribution in [2.24, 2.45) is 5.92 Å². The van der Waals surface area contributed by atoms with Crippen LogP contribution in [0.5, 0.6) is 0 Å². The Balaban J connectivity index is 2.20. The molecule has 0 aromatic rings. The quantitative estimate of drug-likeness (QED) is 0.647. The zero-order chi connectivity index (χ0) is 7.40. The molecule has 0 aromatic heterocycles. The summed E-state index contributed by atoms with van der Waals surface area (Å²) in [5.74, 6) is 0.915. The number of carbonyl (C=O) groups excluding carboxylic acids is 1. The molecule has 0 saturated heterocycles. The summed E-state index contributed by atoms with van der Waals surface area (Å²) in [5.41, 5.74) is 0. The predicted octanol–water partition coefficient (Wildman–Crippen LogP) is 2.53. The number of rotatable bonds is 3. The second kappa shape index (κ2) is 4.12. The van der Waals surface area contributed by atoms with E-state index in [4.69, 9.17) is 0 Å². The molecule has 0 spiro atoms. The molecule has 58 valence electrons. The van der Waals surface area contributed by atoms with Crippen molar-refractivity contribution in [3.05, 3.63) is 0 Å². The molecule has 1 saturated carbocycles. The highest BCUT2D eigenvalue weighted by Crippen LogP contribution is 2.25. The van der Waals surface area contributed by atoms with Gasteiger partial charge in [-0.15, -0.1) is 0 Å². The van der Waals surface area contributed by atoms with Crippen LogP contribution in [-0.2, 0) is 4.79 Å². The van der Waals surface area contributed by atoms with E-state index in [1.807, 2.05) is 0 Å². The van der Waals surface area contributed by atoms with Crippen molar-refractivity contribution in [2.75, 3.05) is 5.33 Å². The third-order valence-electron chi connectivity index (χ3n) is 2.12. The van der Waals surface area contributed by atoms with E-state index < -0.39 is 0 Å². The van der Waals surface area contributed by atoms with Crippen LogP contribution in [0.1, 0.15) is 32.1 Å². The molecule has 0 radical (unpaired) electrons. The first-order chi connectivity index (χ1) is 4.84. The van der Waals surface area contributed by atoms with Gasteiger partial charge in [-0.2, -0.15) is 0 Å². The molecular formula is C8H13BrO. The number of alkyl halides is 1. The van der Waals surface area contributed by atoms with Crippen molar-refractivity contribution in [3.8, 4) is 0 Å². The highest BCUT2D eigenvalue weighted by molar-refractivity contribution is 9.09. The Kier molecular flexibility index (Phi) is 3.40. The average molecular weight is 205 g/mol. The molecule has 0 N–H and O–H groups in total. The molecule has 0 aliphatic heterocycles. The third-order valence-corrected chi connectivity index (χ3v) is 2.68. The fraction of sp³-hybridized carbons (Fsp3) is 0.875. The lowest BCUT2D eigenvalue weighted by Gasteiger charge is -2.03. The van der Waals surface area contributed by atoms with Gasteiger partial charge in [-0.25, -0.2) is 0 Å². The van der Waals surface area contributed by atoms with Gasteiger partial charge in [-0.3, -0.25) is 4.79 Å². The minimum absolute atomic E-state index is 0.414. The van der Waals surface area contributed by atoms with Gasteiger partial charge in [0.15, 0.2) is 0 Å². The molecule has 10 heavy (non-hydrogen) atoms. The minimum atomic E-state index is 0.414. The molecule has 0 aromatic carbocycles. The molecule has 1 unspecified atom stereocenters. The van der Waals surface area contributed by atoms with Crippen LogP contribution in [0, 0.1) is 5.92 Å². The van der Waals surface area contributed by atoms with Gasteiger partial charge < -0.3 is 0 Å². The van der Waals surface area contributed by atoms with Gasteiger partial charge in [0, 0.05) is 17.7 Å². The normalized spacial score (nSPS) is 25.7. The highest BCUT2D eigenvalue weighted by atomic mass is 79.9. The monoisotopic (exact) mass is 204 g/mol. The van der Waals surface area contributed by atoms with E-state index in [0.29, 0.717) is 11.7 Å². The van der Waals surface area contributed by atoms with Gasteiger partial charge in [0.05, 0.1) is 0 Å². The molecule has 2 heteroatoms. The fourth-order valence-electron chi connectivity index (χ4n) is 1.52. The van der Waals surface area contributed by atoms with E-state index in [0.717, 1.165) is 37.4 Å². The summed E-state index contributed by atoms with van der Waals surface area (Å²) in [5, 5.41) is 1.04. The molecule has 1 rings (SSSR count). The lowest BCUT2D eigenvalue weighted by molar-refractivity contribution is -0.120. The predicted molar refractivity (Wildman–Crippen MR) is 45.4 cm³/mol. The van der Waals surface area contributed by atoms with Gasteiger partial charge in [-0.05, 0) is 25.7 Å². The maximum absolute atomic E-state index is 11.1.